The highest BCUT2D eigenvalue weighted by atomic mass is 32.1. The Kier molecular flexibility index (Phi) is 6.85. The summed E-state index contributed by atoms with van der Waals surface area (Å²) in [6, 6.07) is 5.63. The van der Waals surface area contributed by atoms with Crippen molar-refractivity contribution in [2.75, 3.05) is 38.0 Å². The Bertz CT molecular complexity index is 1230. The molecule has 0 unspecified atom stereocenters. The summed E-state index contributed by atoms with van der Waals surface area (Å²) in [4.78, 5) is 50.2. The number of nitrogens with one attached hydrogen (secondary N) is 2. The largest absolute Gasteiger partial charge is 0.340 e. The van der Waals surface area contributed by atoms with Crippen molar-refractivity contribution >= 4 is 39.1 Å². The van der Waals surface area contributed by atoms with Gasteiger partial charge in [0.25, 0.3) is 5.56 Å². The van der Waals surface area contributed by atoms with Crippen molar-refractivity contribution < 1.29 is 14.0 Å². The maximum absolute atomic E-state index is 13.0. The number of piperazine rings is 1. The van der Waals surface area contributed by atoms with E-state index in [1.807, 2.05) is 18.7 Å². The highest BCUT2D eigenvalue weighted by Crippen LogP contribution is 2.25. The Hall–Kier alpha value is -3.11. The summed E-state index contributed by atoms with van der Waals surface area (Å²) in [5.41, 5.74) is 1.35. The highest BCUT2D eigenvalue weighted by molar-refractivity contribution is 7.18. The van der Waals surface area contributed by atoms with Crippen LogP contribution in [-0.4, -0.2) is 64.3 Å². The number of aromatic nitrogens is 2. The number of nitrogens with zero attached hydrogens (tertiary/aromatic N) is 3. The van der Waals surface area contributed by atoms with Crippen LogP contribution in [-0.2, 0) is 16.0 Å². The zero-order valence-corrected chi connectivity index (χ0v) is 19.4. The third-order valence-electron chi connectivity index (χ3n) is 5.88. The first-order chi connectivity index (χ1) is 15.8. The Balaban J connectivity index is 1.25. The van der Waals surface area contributed by atoms with Crippen LogP contribution in [0, 0.1) is 19.7 Å². The van der Waals surface area contributed by atoms with Crippen molar-refractivity contribution in [2.45, 2.75) is 26.7 Å². The first-order valence-corrected chi connectivity index (χ1v) is 11.7. The molecule has 1 saturated heterocycles. The van der Waals surface area contributed by atoms with E-state index in [0.717, 1.165) is 10.4 Å². The molecule has 1 aliphatic rings. The number of carbonyl (C=O) groups is 2. The second-order valence-electron chi connectivity index (χ2n) is 8.19. The molecule has 2 N–H and O–H groups in total. The predicted molar refractivity (Wildman–Crippen MR) is 126 cm³/mol. The summed E-state index contributed by atoms with van der Waals surface area (Å²) in [5, 5.41) is 3.38. The van der Waals surface area contributed by atoms with Crippen molar-refractivity contribution in [1.82, 2.24) is 19.8 Å². The van der Waals surface area contributed by atoms with E-state index in [2.05, 4.69) is 15.3 Å². The molecule has 0 spiro atoms. The minimum absolute atomic E-state index is 0.00620. The summed E-state index contributed by atoms with van der Waals surface area (Å²) in [6.45, 7) is 6.36. The van der Waals surface area contributed by atoms with Gasteiger partial charge in [-0.05, 0) is 43.7 Å². The zero-order valence-electron chi connectivity index (χ0n) is 18.6. The second-order valence-corrected chi connectivity index (χ2v) is 9.39. The van der Waals surface area contributed by atoms with Gasteiger partial charge in [0.05, 0.1) is 11.9 Å². The average molecular weight is 472 g/mol. The van der Waals surface area contributed by atoms with Gasteiger partial charge in [-0.25, -0.2) is 9.37 Å². The van der Waals surface area contributed by atoms with Crippen molar-refractivity contribution in [3.05, 3.63) is 56.7 Å². The summed E-state index contributed by atoms with van der Waals surface area (Å²) in [5.74, 6) is 0.00366. The molecule has 1 aliphatic heterocycles. The van der Waals surface area contributed by atoms with Crippen molar-refractivity contribution in [2.24, 2.45) is 0 Å². The van der Waals surface area contributed by atoms with Crippen LogP contribution in [0.5, 0.6) is 0 Å². The molecule has 174 valence electrons. The first kappa shape index (κ1) is 23.1. The number of benzene rings is 1. The third-order valence-corrected chi connectivity index (χ3v) is 6.99. The smallest absolute Gasteiger partial charge is 0.259 e. The van der Waals surface area contributed by atoms with Gasteiger partial charge in [0.2, 0.25) is 11.8 Å². The molecule has 1 aromatic carbocycles. The van der Waals surface area contributed by atoms with Crippen LogP contribution in [0.2, 0.25) is 0 Å². The average Bonchev–Trinajstić information content (AvgIpc) is 3.08. The van der Waals surface area contributed by atoms with Crippen LogP contribution in [0.4, 0.5) is 10.1 Å². The summed E-state index contributed by atoms with van der Waals surface area (Å²) < 4.78 is 13.0. The van der Waals surface area contributed by atoms with Crippen LogP contribution in [0.1, 0.15) is 22.7 Å². The number of fused-ring (bicyclic) bond motifs is 1. The lowest BCUT2D eigenvalue weighted by Crippen LogP contribution is -2.50. The minimum Gasteiger partial charge on any atom is -0.340 e. The van der Waals surface area contributed by atoms with Crippen LogP contribution >= 0.6 is 11.3 Å². The normalized spacial score (nSPS) is 14.6. The number of H-pyrrole nitrogens is 1. The molecular weight excluding hydrogens is 445 g/mol. The molecule has 4 rings (SSSR count). The number of aromatic amines is 1. The van der Waals surface area contributed by atoms with Gasteiger partial charge < -0.3 is 15.2 Å². The Morgan fingerprint density at radius 1 is 1.15 bits per heavy atom. The minimum atomic E-state index is -0.354. The van der Waals surface area contributed by atoms with Crippen LogP contribution < -0.4 is 10.9 Å². The SMILES string of the molecule is Cc1sc2nc(CCC(=O)N3CCN(CC(=O)Nc4ccc(F)cc4)CC3)[nH]c(=O)c2c1C. The number of amides is 2. The molecule has 8 nitrogen and oxygen atoms in total. The lowest BCUT2D eigenvalue weighted by atomic mass is 10.2. The molecule has 2 amide bonds. The molecule has 0 radical (unpaired) electrons. The molecule has 0 bridgehead atoms. The Morgan fingerprint density at radius 2 is 1.85 bits per heavy atom. The predicted octanol–water partition coefficient (Wildman–Crippen LogP) is 2.46. The maximum Gasteiger partial charge on any atom is 0.259 e. The van der Waals surface area contributed by atoms with Crippen LogP contribution in [0.15, 0.2) is 29.1 Å². The highest BCUT2D eigenvalue weighted by Gasteiger charge is 2.22. The maximum atomic E-state index is 13.0. The van der Waals surface area contributed by atoms with E-state index in [1.165, 1.54) is 35.6 Å². The van der Waals surface area contributed by atoms with Gasteiger partial charge >= 0.3 is 0 Å². The molecule has 0 saturated carbocycles. The van der Waals surface area contributed by atoms with Gasteiger partial charge in [-0.2, -0.15) is 0 Å². The quantitative estimate of drug-likeness (QED) is 0.576. The molecule has 3 heterocycles. The molecule has 3 aromatic rings. The zero-order chi connectivity index (χ0) is 23.5. The van der Waals surface area contributed by atoms with E-state index in [9.17, 15) is 18.8 Å². The lowest BCUT2D eigenvalue weighted by molar-refractivity contribution is -0.133. The van der Waals surface area contributed by atoms with E-state index in [0.29, 0.717) is 54.3 Å². The van der Waals surface area contributed by atoms with Gasteiger partial charge in [-0.15, -0.1) is 11.3 Å². The summed E-state index contributed by atoms with van der Waals surface area (Å²) in [6.07, 6.45) is 0.642. The summed E-state index contributed by atoms with van der Waals surface area (Å²) in [7, 11) is 0. The van der Waals surface area contributed by atoms with E-state index in [-0.39, 0.29) is 36.2 Å². The molecular formula is C23H26FN5O3S. The number of hydrogen-bond donors (Lipinski definition) is 2. The van der Waals surface area contributed by atoms with Gasteiger partial charge in [-0.1, -0.05) is 0 Å². The van der Waals surface area contributed by atoms with Crippen molar-refractivity contribution in [3.8, 4) is 0 Å². The third kappa shape index (κ3) is 5.45. The molecule has 33 heavy (non-hydrogen) atoms. The number of rotatable bonds is 6. The van der Waals surface area contributed by atoms with Gasteiger partial charge in [-0.3, -0.25) is 19.3 Å². The van der Waals surface area contributed by atoms with Gasteiger partial charge in [0.15, 0.2) is 0 Å². The van der Waals surface area contributed by atoms with Crippen molar-refractivity contribution in [1.29, 1.82) is 0 Å². The molecule has 2 aromatic heterocycles. The monoisotopic (exact) mass is 471 g/mol. The van der Waals surface area contributed by atoms with Gasteiger partial charge in [0, 0.05) is 49.6 Å². The Labute approximate surface area is 194 Å². The van der Waals surface area contributed by atoms with E-state index in [4.69, 9.17) is 0 Å². The fraction of sp³-hybridized carbons (Fsp3) is 0.391. The number of carbonyl (C=O) groups excluding carboxylic acids is 2. The Morgan fingerprint density at radius 3 is 2.55 bits per heavy atom. The molecule has 0 atom stereocenters. The van der Waals surface area contributed by atoms with Crippen LogP contribution in [0.3, 0.4) is 0 Å². The number of halogens is 1. The fourth-order valence-corrected chi connectivity index (χ4v) is 4.94. The van der Waals surface area contributed by atoms with E-state index < -0.39 is 0 Å². The molecule has 1 fully saturated rings. The topological polar surface area (TPSA) is 98.4 Å². The standard InChI is InChI=1S/C23H26FN5O3S/c1-14-15(2)33-23-21(14)22(32)26-18(27-23)7-8-20(31)29-11-9-28(10-12-29)13-19(30)25-17-5-3-16(24)4-6-17/h3-6H,7-13H2,1-2H3,(H,25,30)(H,26,27,32). The fourth-order valence-electron chi connectivity index (χ4n) is 3.89. The van der Waals surface area contributed by atoms with E-state index in [1.54, 1.807) is 4.90 Å². The lowest BCUT2D eigenvalue weighted by Gasteiger charge is -2.34. The van der Waals surface area contributed by atoms with E-state index >= 15 is 0 Å². The number of hydrogen-bond acceptors (Lipinski definition) is 6. The number of anilines is 1. The van der Waals surface area contributed by atoms with Crippen LogP contribution in [0.25, 0.3) is 10.2 Å². The summed E-state index contributed by atoms with van der Waals surface area (Å²) >= 11 is 1.49. The molecule has 10 heteroatoms. The van der Waals surface area contributed by atoms with Gasteiger partial charge in [0.1, 0.15) is 16.5 Å². The van der Waals surface area contributed by atoms with Crippen molar-refractivity contribution in [3.63, 3.8) is 0 Å². The number of thiophene rings is 1. The first-order valence-electron chi connectivity index (χ1n) is 10.8. The number of aryl methyl sites for hydroxylation is 3. The molecule has 0 aliphatic carbocycles. The second kappa shape index (κ2) is 9.80.